The monoisotopic (exact) mass is 273 g/mol. The highest BCUT2D eigenvalue weighted by Gasteiger charge is 2.15. The Hall–Kier alpha value is -0.610. The van der Waals surface area contributed by atoms with Gasteiger partial charge in [0.05, 0.1) is 0 Å². The summed E-state index contributed by atoms with van der Waals surface area (Å²) in [6.45, 7) is 5.04. The van der Waals surface area contributed by atoms with Crippen molar-refractivity contribution in [1.82, 2.24) is 5.32 Å². The minimum atomic E-state index is -0.522. The van der Waals surface area contributed by atoms with Gasteiger partial charge in [0.2, 0.25) is 0 Å². The van der Waals surface area contributed by atoms with E-state index in [-0.39, 0.29) is 6.04 Å². The van der Waals surface area contributed by atoms with Crippen molar-refractivity contribution in [2.45, 2.75) is 32.7 Å². The summed E-state index contributed by atoms with van der Waals surface area (Å²) in [6, 6.07) is 3.79. The maximum absolute atomic E-state index is 13.7. The van der Waals surface area contributed by atoms with Crippen LogP contribution in [0.2, 0.25) is 0 Å². The van der Waals surface area contributed by atoms with Gasteiger partial charge in [-0.1, -0.05) is 19.9 Å². The Bertz CT molecular complexity index is 358. The summed E-state index contributed by atoms with van der Waals surface area (Å²) in [5, 5.41) is 3.32. The molecule has 0 radical (unpaired) electrons. The van der Waals surface area contributed by atoms with Gasteiger partial charge < -0.3 is 5.32 Å². The van der Waals surface area contributed by atoms with Crippen LogP contribution in [0.5, 0.6) is 0 Å². The zero-order valence-electron chi connectivity index (χ0n) is 11.0. The van der Waals surface area contributed by atoms with Crippen molar-refractivity contribution in [2.24, 2.45) is 0 Å². The van der Waals surface area contributed by atoms with Crippen LogP contribution in [-0.4, -0.2) is 18.1 Å². The molecule has 18 heavy (non-hydrogen) atoms. The fourth-order valence-electron chi connectivity index (χ4n) is 1.71. The average molecular weight is 273 g/mol. The van der Waals surface area contributed by atoms with Crippen LogP contribution in [0.15, 0.2) is 18.2 Å². The lowest BCUT2D eigenvalue weighted by molar-refractivity contribution is 0.521. The van der Waals surface area contributed by atoms with Gasteiger partial charge in [-0.25, -0.2) is 8.78 Å². The Morgan fingerprint density at radius 2 is 2.00 bits per heavy atom. The van der Waals surface area contributed by atoms with E-state index in [1.807, 2.05) is 0 Å². The molecule has 1 atom stereocenters. The van der Waals surface area contributed by atoms with E-state index in [4.69, 9.17) is 0 Å². The predicted molar refractivity (Wildman–Crippen MR) is 75.0 cm³/mol. The van der Waals surface area contributed by atoms with E-state index in [9.17, 15) is 8.78 Å². The van der Waals surface area contributed by atoms with Crippen molar-refractivity contribution < 1.29 is 8.78 Å². The van der Waals surface area contributed by atoms with Crippen LogP contribution < -0.4 is 5.32 Å². The molecule has 0 aliphatic carbocycles. The SMILES string of the molecule is CCCNC(CSCCC)c1ccc(F)cc1F. The number of rotatable bonds is 8. The number of nitrogens with one attached hydrogen (secondary N) is 1. The highest BCUT2D eigenvalue weighted by molar-refractivity contribution is 7.99. The molecule has 0 fully saturated rings. The van der Waals surface area contributed by atoms with Crippen molar-refractivity contribution in [3.8, 4) is 0 Å². The van der Waals surface area contributed by atoms with Gasteiger partial charge in [-0.05, 0) is 31.2 Å². The molecule has 0 aromatic heterocycles. The van der Waals surface area contributed by atoms with Gasteiger partial charge in [0.25, 0.3) is 0 Å². The maximum Gasteiger partial charge on any atom is 0.130 e. The minimum Gasteiger partial charge on any atom is -0.309 e. The highest BCUT2D eigenvalue weighted by Crippen LogP contribution is 2.22. The Morgan fingerprint density at radius 1 is 1.22 bits per heavy atom. The molecule has 1 aromatic carbocycles. The molecule has 0 saturated carbocycles. The van der Waals surface area contributed by atoms with Gasteiger partial charge in [-0.15, -0.1) is 0 Å². The first kappa shape index (κ1) is 15.4. The predicted octanol–water partition coefficient (Wildman–Crippen LogP) is 4.15. The van der Waals surface area contributed by atoms with Gasteiger partial charge in [-0.3, -0.25) is 0 Å². The zero-order valence-corrected chi connectivity index (χ0v) is 11.8. The zero-order chi connectivity index (χ0) is 13.4. The molecule has 1 rings (SSSR count). The van der Waals surface area contributed by atoms with Gasteiger partial charge in [0.15, 0.2) is 0 Å². The molecule has 1 unspecified atom stereocenters. The topological polar surface area (TPSA) is 12.0 Å². The Morgan fingerprint density at radius 3 is 2.61 bits per heavy atom. The summed E-state index contributed by atoms with van der Waals surface area (Å²) in [5.41, 5.74) is 0.563. The third-order valence-electron chi connectivity index (χ3n) is 2.61. The standard InChI is InChI=1S/C14H21F2NS/c1-3-7-17-14(10-18-8-4-2)12-6-5-11(15)9-13(12)16/h5-6,9,14,17H,3-4,7-8,10H2,1-2H3. The van der Waals surface area contributed by atoms with Crippen LogP contribution >= 0.6 is 11.8 Å². The molecule has 0 aliphatic rings. The van der Waals surface area contributed by atoms with Gasteiger partial charge in [0, 0.05) is 23.4 Å². The first-order valence-corrected chi connectivity index (χ1v) is 7.60. The average Bonchev–Trinajstić information content (AvgIpc) is 2.34. The van der Waals surface area contributed by atoms with Gasteiger partial charge >= 0.3 is 0 Å². The molecular weight excluding hydrogens is 252 g/mol. The van der Waals surface area contributed by atoms with Crippen LogP contribution in [0.3, 0.4) is 0 Å². The minimum absolute atomic E-state index is 0.0397. The smallest absolute Gasteiger partial charge is 0.130 e. The molecule has 0 spiro atoms. The van der Waals surface area contributed by atoms with Crippen molar-refractivity contribution in [3.05, 3.63) is 35.4 Å². The highest BCUT2D eigenvalue weighted by atomic mass is 32.2. The lowest BCUT2D eigenvalue weighted by Crippen LogP contribution is -2.25. The summed E-state index contributed by atoms with van der Waals surface area (Å²) in [5.74, 6) is 0.899. The van der Waals surface area contributed by atoms with Gasteiger partial charge in [-0.2, -0.15) is 11.8 Å². The number of benzene rings is 1. The number of hydrogen-bond acceptors (Lipinski definition) is 2. The maximum atomic E-state index is 13.7. The van der Waals surface area contributed by atoms with Crippen LogP contribution in [-0.2, 0) is 0 Å². The van der Waals surface area contributed by atoms with Crippen molar-refractivity contribution >= 4 is 11.8 Å². The Balaban J connectivity index is 2.73. The second-order valence-electron chi connectivity index (χ2n) is 4.25. The van der Waals surface area contributed by atoms with E-state index in [1.54, 1.807) is 17.8 Å². The molecule has 0 bridgehead atoms. The van der Waals surface area contributed by atoms with Crippen LogP contribution in [0.4, 0.5) is 8.78 Å². The van der Waals surface area contributed by atoms with Crippen LogP contribution in [0.25, 0.3) is 0 Å². The van der Waals surface area contributed by atoms with E-state index < -0.39 is 11.6 Å². The van der Waals surface area contributed by atoms with E-state index >= 15 is 0 Å². The molecule has 102 valence electrons. The van der Waals surface area contributed by atoms with E-state index in [2.05, 4.69) is 19.2 Å². The summed E-state index contributed by atoms with van der Waals surface area (Å²) in [7, 11) is 0. The van der Waals surface area contributed by atoms with Crippen LogP contribution in [0.1, 0.15) is 38.3 Å². The van der Waals surface area contributed by atoms with E-state index in [0.29, 0.717) is 5.56 Å². The second kappa shape index (κ2) is 8.48. The fourth-order valence-corrected chi connectivity index (χ4v) is 2.70. The number of hydrogen-bond donors (Lipinski definition) is 1. The molecule has 1 nitrogen and oxygen atoms in total. The molecule has 0 aliphatic heterocycles. The Labute approximate surface area is 112 Å². The van der Waals surface area contributed by atoms with Crippen molar-refractivity contribution in [1.29, 1.82) is 0 Å². The summed E-state index contributed by atoms with van der Waals surface area (Å²) in [6.07, 6.45) is 2.11. The van der Waals surface area contributed by atoms with Crippen molar-refractivity contribution in [2.75, 3.05) is 18.1 Å². The first-order chi connectivity index (χ1) is 8.69. The third kappa shape index (κ3) is 4.94. The second-order valence-corrected chi connectivity index (χ2v) is 5.40. The summed E-state index contributed by atoms with van der Waals surface area (Å²) < 4.78 is 26.7. The third-order valence-corrected chi connectivity index (χ3v) is 3.88. The van der Waals surface area contributed by atoms with E-state index in [0.717, 1.165) is 37.0 Å². The molecule has 4 heteroatoms. The molecule has 1 aromatic rings. The molecule has 0 saturated heterocycles. The Kier molecular flexibility index (Phi) is 7.28. The lowest BCUT2D eigenvalue weighted by Gasteiger charge is -2.19. The van der Waals surface area contributed by atoms with E-state index in [1.165, 1.54) is 6.07 Å². The normalized spacial score (nSPS) is 12.7. The lowest BCUT2D eigenvalue weighted by atomic mass is 10.1. The molecular formula is C14H21F2NS. The largest absolute Gasteiger partial charge is 0.309 e. The van der Waals surface area contributed by atoms with Crippen molar-refractivity contribution in [3.63, 3.8) is 0 Å². The molecule has 0 heterocycles. The first-order valence-electron chi connectivity index (χ1n) is 6.45. The molecule has 1 N–H and O–H groups in total. The number of halogens is 2. The summed E-state index contributed by atoms with van der Waals surface area (Å²) in [4.78, 5) is 0. The van der Waals surface area contributed by atoms with Crippen LogP contribution in [0, 0.1) is 11.6 Å². The number of thioether (sulfide) groups is 1. The molecule has 0 amide bonds. The summed E-state index contributed by atoms with van der Waals surface area (Å²) >= 11 is 1.80. The fraction of sp³-hybridized carbons (Fsp3) is 0.571. The quantitative estimate of drug-likeness (QED) is 0.714. The van der Waals surface area contributed by atoms with Gasteiger partial charge in [0.1, 0.15) is 11.6 Å².